The molecule has 1 saturated heterocycles. The van der Waals surface area contributed by atoms with E-state index in [1.54, 1.807) is 11.8 Å². The highest BCUT2D eigenvalue weighted by molar-refractivity contribution is 5.97. The number of amides is 1. The number of rotatable bonds is 4. The van der Waals surface area contributed by atoms with E-state index in [0.717, 1.165) is 11.4 Å². The molecule has 1 atom stereocenters. The number of benzene rings is 1. The smallest absolute Gasteiger partial charge is 0.232 e. The zero-order valence-electron chi connectivity index (χ0n) is 12.1. The molecule has 2 heterocycles. The highest BCUT2D eigenvalue weighted by atomic mass is 16.5. The topological polar surface area (TPSA) is 68.5 Å². The van der Waals surface area contributed by atoms with Crippen molar-refractivity contribution in [2.45, 2.75) is 26.2 Å². The molecule has 3 rings (SSSR count). The number of ether oxygens (including phenoxy) is 1. The molecule has 110 valence electrons. The lowest BCUT2D eigenvalue weighted by molar-refractivity contribution is -0.117. The SMILES string of the molecule is CCOc1ccccc1N1CC(c2nc(C)no2)CC1=O. The Bertz CT molecular complexity index is 653. The third kappa shape index (κ3) is 2.61. The quantitative estimate of drug-likeness (QED) is 0.863. The molecule has 0 aliphatic carbocycles. The van der Waals surface area contributed by atoms with Crippen LogP contribution in [0.2, 0.25) is 0 Å². The van der Waals surface area contributed by atoms with Gasteiger partial charge < -0.3 is 14.2 Å². The number of hydrogen-bond donors (Lipinski definition) is 0. The number of carbonyl (C=O) groups excluding carboxylic acids is 1. The number of aryl methyl sites for hydroxylation is 1. The van der Waals surface area contributed by atoms with Gasteiger partial charge in [0.15, 0.2) is 5.82 Å². The van der Waals surface area contributed by atoms with Crippen LogP contribution in [0.1, 0.15) is 31.0 Å². The van der Waals surface area contributed by atoms with Crippen molar-refractivity contribution in [3.05, 3.63) is 36.0 Å². The van der Waals surface area contributed by atoms with Gasteiger partial charge in [-0.25, -0.2) is 0 Å². The van der Waals surface area contributed by atoms with E-state index in [1.807, 2.05) is 31.2 Å². The molecule has 1 aromatic heterocycles. The number of para-hydroxylation sites is 2. The monoisotopic (exact) mass is 287 g/mol. The summed E-state index contributed by atoms with van der Waals surface area (Å²) in [7, 11) is 0. The minimum atomic E-state index is -0.0617. The molecule has 21 heavy (non-hydrogen) atoms. The maximum Gasteiger partial charge on any atom is 0.232 e. The summed E-state index contributed by atoms with van der Waals surface area (Å²) in [6.07, 6.45) is 0.377. The standard InChI is InChI=1S/C15H17N3O3/c1-3-20-13-7-5-4-6-12(13)18-9-11(8-14(18)19)15-16-10(2)17-21-15/h4-7,11H,3,8-9H2,1-2H3. The van der Waals surface area contributed by atoms with Gasteiger partial charge in [-0.15, -0.1) is 0 Å². The third-order valence-corrected chi connectivity index (χ3v) is 3.47. The van der Waals surface area contributed by atoms with Gasteiger partial charge in [0.2, 0.25) is 11.8 Å². The summed E-state index contributed by atoms with van der Waals surface area (Å²) in [5.41, 5.74) is 0.795. The Morgan fingerprint density at radius 3 is 2.95 bits per heavy atom. The average molecular weight is 287 g/mol. The normalized spacial score (nSPS) is 18.3. The van der Waals surface area contributed by atoms with Gasteiger partial charge in [0.05, 0.1) is 18.2 Å². The summed E-state index contributed by atoms with van der Waals surface area (Å²) in [4.78, 5) is 18.3. The summed E-state index contributed by atoms with van der Waals surface area (Å²) < 4.78 is 10.8. The van der Waals surface area contributed by atoms with Crippen LogP contribution in [0.25, 0.3) is 0 Å². The summed E-state index contributed by atoms with van der Waals surface area (Å²) >= 11 is 0. The first-order valence-electron chi connectivity index (χ1n) is 7.01. The molecule has 6 nitrogen and oxygen atoms in total. The fourth-order valence-electron chi connectivity index (χ4n) is 2.54. The van der Waals surface area contributed by atoms with Crippen LogP contribution in [0.15, 0.2) is 28.8 Å². The van der Waals surface area contributed by atoms with E-state index in [-0.39, 0.29) is 11.8 Å². The Kier molecular flexibility index (Phi) is 3.60. The molecule has 1 amide bonds. The fraction of sp³-hybridized carbons (Fsp3) is 0.400. The zero-order valence-corrected chi connectivity index (χ0v) is 12.1. The second-order valence-corrected chi connectivity index (χ2v) is 4.99. The van der Waals surface area contributed by atoms with Crippen molar-refractivity contribution in [3.8, 4) is 5.75 Å². The summed E-state index contributed by atoms with van der Waals surface area (Å²) in [5.74, 6) is 1.81. The van der Waals surface area contributed by atoms with Gasteiger partial charge in [-0.2, -0.15) is 4.98 Å². The highest BCUT2D eigenvalue weighted by Gasteiger charge is 2.36. The van der Waals surface area contributed by atoms with Crippen LogP contribution >= 0.6 is 0 Å². The first-order chi connectivity index (χ1) is 10.2. The Balaban J connectivity index is 1.85. The molecular formula is C15H17N3O3. The van der Waals surface area contributed by atoms with E-state index in [0.29, 0.717) is 31.3 Å². The van der Waals surface area contributed by atoms with Crippen LogP contribution in [-0.2, 0) is 4.79 Å². The lowest BCUT2D eigenvalue weighted by Crippen LogP contribution is -2.25. The number of carbonyl (C=O) groups is 1. The van der Waals surface area contributed by atoms with Crippen molar-refractivity contribution in [2.24, 2.45) is 0 Å². The van der Waals surface area contributed by atoms with E-state index < -0.39 is 0 Å². The molecule has 2 aromatic rings. The Hall–Kier alpha value is -2.37. The van der Waals surface area contributed by atoms with Crippen LogP contribution in [0.5, 0.6) is 5.75 Å². The van der Waals surface area contributed by atoms with E-state index >= 15 is 0 Å². The minimum Gasteiger partial charge on any atom is -0.492 e. The Morgan fingerprint density at radius 1 is 1.43 bits per heavy atom. The molecule has 0 bridgehead atoms. The number of anilines is 1. The molecular weight excluding hydrogens is 270 g/mol. The lowest BCUT2D eigenvalue weighted by Gasteiger charge is -2.19. The van der Waals surface area contributed by atoms with Gasteiger partial charge in [0.25, 0.3) is 0 Å². The third-order valence-electron chi connectivity index (χ3n) is 3.47. The summed E-state index contributed by atoms with van der Waals surface area (Å²) in [5, 5.41) is 3.79. The van der Waals surface area contributed by atoms with Crippen LogP contribution in [-0.4, -0.2) is 29.2 Å². The van der Waals surface area contributed by atoms with Crippen molar-refractivity contribution < 1.29 is 14.1 Å². The van der Waals surface area contributed by atoms with Crippen molar-refractivity contribution in [1.29, 1.82) is 0 Å². The van der Waals surface area contributed by atoms with Gasteiger partial charge in [-0.1, -0.05) is 17.3 Å². The first-order valence-corrected chi connectivity index (χ1v) is 7.01. The van der Waals surface area contributed by atoms with Crippen LogP contribution in [0.4, 0.5) is 5.69 Å². The average Bonchev–Trinajstić information content (AvgIpc) is 3.06. The summed E-state index contributed by atoms with van der Waals surface area (Å²) in [6.45, 7) is 4.79. The summed E-state index contributed by atoms with van der Waals surface area (Å²) in [6, 6.07) is 7.56. The van der Waals surface area contributed by atoms with Crippen molar-refractivity contribution in [2.75, 3.05) is 18.1 Å². The predicted octanol–water partition coefficient (Wildman–Crippen LogP) is 2.30. The van der Waals surface area contributed by atoms with Crippen LogP contribution in [0.3, 0.4) is 0 Å². The first kappa shape index (κ1) is 13.6. The van der Waals surface area contributed by atoms with E-state index in [1.165, 1.54) is 0 Å². The molecule has 0 N–H and O–H groups in total. The Morgan fingerprint density at radius 2 is 2.24 bits per heavy atom. The number of aromatic nitrogens is 2. The maximum atomic E-state index is 12.3. The molecule has 1 aliphatic heterocycles. The zero-order chi connectivity index (χ0) is 14.8. The predicted molar refractivity (Wildman–Crippen MR) is 76.4 cm³/mol. The number of hydrogen-bond acceptors (Lipinski definition) is 5. The van der Waals surface area contributed by atoms with Gasteiger partial charge in [-0.05, 0) is 26.0 Å². The van der Waals surface area contributed by atoms with Crippen molar-refractivity contribution >= 4 is 11.6 Å². The molecule has 1 aromatic carbocycles. The minimum absolute atomic E-state index is 0.0445. The van der Waals surface area contributed by atoms with Crippen LogP contribution in [0, 0.1) is 6.92 Å². The number of nitrogens with zero attached hydrogens (tertiary/aromatic N) is 3. The molecule has 0 saturated carbocycles. The maximum absolute atomic E-state index is 12.3. The lowest BCUT2D eigenvalue weighted by atomic mass is 10.1. The van der Waals surface area contributed by atoms with Gasteiger partial charge in [0, 0.05) is 13.0 Å². The molecule has 6 heteroatoms. The fourth-order valence-corrected chi connectivity index (χ4v) is 2.54. The van der Waals surface area contributed by atoms with E-state index in [9.17, 15) is 4.79 Å². The second-order valence-electron chi connectivity index (χ2n) is 4.99. The van der Waals surface area contributed by atoms with E-state index in [4.69, 9.17) is 9.26 Å². The molecule has 1 unspecified atom stereocenters. The van der Waals surface area contributed by atoms with E-state index in [2.05, 4.69) is 10.1 Å². The van der Waals surface area contributed by atoms with Gasteiger partial charge in [0.1, 0.15) is 5.75 Å². The van der Waals surface area contributed by atoms with Crippen molar-refractivity contribution in [1.82, 2.24) is 10.1 Å². The second kappa shape index (κ2) is 5.55. The van der Waals surface area contributed by atoms with Crippen LogP contribution < -0.4 is 9.64 Å². The largest absolute Gasteiger partial charge is 0.492 e. The van der Waals surface area contributed by atoms with Crippen molar-refractivity contribution in [3.63, 3.8) is 0 Å². The highest BCUT2D eigenvalue weighted by Crippen LogP contribution is 2.35. The van der Waals surface area contributed by atoms with Gasteiger partial charge in [-0.3, -0.25) is 4.79 Å². The molecule has 0 spiro atoms. The molecule has 1 aliphatic rings. The Labute approximate surface area is 122 Å². The van der Waals surface area contributed by atoms with Gasteiger partial charge >= 0.3 is 0 Å². The molecule has 0 radical (unpaired) electrons. The molecule has 1 fully saturated rings.